The summed E-state index contributed by atoms with van der Waals surface area (Å²) in [5, 5.41) is 8.60. The normalized spacial score (nSPS) is 10.7. The van der Waals surface area contributed by atoms with Crippen molar-refractivity contribution in [3.05, 3.63) is 35.6 Å². The largest absolute Gasteiger partial charge is 0.299 e. The number of hydrogen-bond acceptors (Lipinski definition) is 3. The zero-order chi connectivity index (χ0) is 14.3. The lowest BCUT2D eigenvalue weighted by Gasteiger charge is -2.24. The SMILES string of the molecule is CC(C)N(CCC#N)CCC(=O)c1ccc(F)cc1. The first kappa shape index (κ1) is 15.3. The van der Waals surface area contributed by atoms with Gasteiger partial charge in [-0.15, -0.1) is 0 Å². The Bertz CT molecular complexity index is 448. The monoisotopic (exact) mass is 262 g/mol. The van der Waals surface area contributed by atoms with E-state index in [0.29, 0.717) is 37.5 Å². The van der Waals surface area contributed by atoms with Crippen LogP contribution in [0.5, 0.6) is 0 Å². The first-order valence-corrected chi connectivity index (χ1v) is 6.44. The fourth-order valence-corrected chi connectivity index (χ4v) is 1.85. The zero-order valence-electron chi connectivity index (χ0n) is 11.4. The van der Waals surface area contributed by atoms with Gasteiger partial charge in [-0.25, -0.2) is 4.39 Å². The minimum Gasteiger partial charge on any atom is -0.299 e. The Labute approximate surface area is 113 Å². The summed E-state index contributed by atoms with van der Waals surface area (Å²) in [5.41, 5.74) is 0.533. The first-order chi connectivity index (χ1) is 9.04. The van der Waals surface area contributed by atoms with E-state index in [1.54, 1.807) is 0 Å². The van der Waals surface area contributed by atoms with Crippen LogP contribution in [0, 0.1) is 17.1 Å². The van der Waals surface area contributed by atoms with Gasteiger partial charge in [-0.1, -0.05) is 0 Å². The lowest BCUT2D eigenvalue weighted by molar-refractivity contribution is 0.0956. The molecule has 0 aliphatic heterocycles. The highest BCUT2D eigenvalue weighted by molar-refractivity contribution is 5.96. The molecule has 0 amide bonds. The minimum atomic E-state index is -0.339. The quantitative estimate of drug-likeness (QED) is 0.709. The summed E-state index contributed by atoms with van der Waals surface area (Å²) < 4.78 is 12.8. The van der Waals surface area contributed by atoms with Gasteiger partial charge in [0.25, 0.3) is 0 Å². The molecule has 0 aromatic heterocycles. The fourth-order valence-electron chi connectivity index (χ4n) is 1.85. The molecule has 0 fully saturated rings. The van der Waals surface area contributed by atoms with Crippen molar-refractivity contribution in [1.82, 2.24) is 4.90 Å². The molecule has 0 heterocycles. The molecular formula is C15H19FN2O. The predicted molar refractivity (Wildman–Crippen MR) is 72.3 cm³/mol. The molecule has 1 rings (SSSR count). The van der Waals surface area contributed by atoms with Crippen molar-refractivity contribution in [3.63, 3.8) is 0 Å². The van der Waals surface area contributed by atoms with E-state index in [4.69, 9.17) is 5.26 Å². The standard InChI is InChI=1S/C15H19FN2O/c1-12(2)18(10-3-9-17)11-8-15(19)13-4-6-14(16)7-5-13/h4-7,12H,3,8,10-11H2,1-2H3. The number of carbonyl (C=O) groups excluding carboxylic acids is 1. The Morgan fingerprint density at radius 3 is 2.47 bits per heavy atom. The van der Waals surface area contributed by atoms with Gasteiger partial charge in [0.15, 0.2) is 5.78 Å². The Morgan fingerprint density at radius 1 is 1.32 bits per heavy atom. The van der Waals surface area contributed by atoms with Crippen molar-refractivity contribution >= 4 is 5.78 Å². The topological polar surface area (TPSA) is 44.1 Å². The summed E-state index contributed by atoms with van der Waals surface area (Å²) in [5.74, 6) is -0.336. The maximum absolute atomic E-state index is 12.8. The molecule has 0 N–H and O–H groups in total. The lowest BCUT2D eigenvalue weighted by atomic mass is 10.1. The molecule has 0 aliphatic rings. The predicted octanol–water partition coefficient (Wildman–Crippen LogP) is 3.02. The third kappa shape index (κ3) is 5.19. The van der Waals surface area contributed by atoms with E-state index < -0.39 is 0 Å². The Morgan fingerprint density at radius 2 is 1.95 bits per heavy atom. The Hall–Kier alpha value is -1.73. The number of nitrogens with zero attached hydrogens (tertiary/aromatic N) is 2. The maximum Gasteiger partial charge on any atom is 0.164 e. The number of ketones is 1. The van der Waals surface area contributed by atoms with Crippen LogP contribution in [0.1, 0.15) is 37.0 Å². The van der Waals surface area contributed by atoms with Crippen molar-refractivity contribution < 1.29 is 9.18 Å². The molecule has 1 aromatic rings. The molecule has 3 nitrogen and oxygen atoms in total. The number of hydrogen-bond donors (Lipinski definition) is 0. The van der Waals surface area contributed by atoms with Crippen LogP contribution >= 0.6 is 0 Å². The maximum atomic E-state index is 12.8. The molecule has 0 radical (unpaired) electrons. The zero-order valence-corrected chi connectivity index (χ0v) is 11.4. The van der Waals surface area contributed by atoms with Crippen LogP contribution in [0.2, 0.25) is 0 Å². The molecule has 102 valence electrons. The lowest BCUT2D eigenvalue weighted by Crippen LogP contribution is -2.33. The second kappa shape index (κ2) is 7.65. The highest BCUT2D eigenvalue weighted by Crippen LogP contribution is 2.08. The number of halogens is 1. The number of Topliss-reactive ketones (excluding diaryl/α,β-unsaturated/α-hetero) is 1. The van der Waals surface area contributed by atoms with Gasteiger partial charge >= 0.3 is 0 Å². The van der Waals surface area contributed by atoms with Crippen molar-refractivity contribution in [3.8, 4) is 6.07 Å². The van der Waals surface area contributed by atoms with E-state index in [2.05, 4.69) is 11.0 Å². The molecule has 0 unspecified atom stereocenters. The third-order valence-corrected chi connectivity index (χ3v) is 3.03. The summed E-state index contributed by atoms with van der Waals surface area (Å²) in [6.07, 6.45) is 0.845. The number of benzene rings is 1. The highest BCUT2D eigenvalue weighted by atomic mass is 19.1. The number of nitriles is 1. The molecule has 19 heavy (non-hydrogen) atoms. The van der Waals surface area contributed by atoms with Gasteiger partial charge < -0.3 is 0 Å². The van der Waals surface area contributed by atoms with Gasteiger partial charge in [-0.05, 0) is 38.1 Å². The van der Waals surface area contributed by atoms with Gasteiger partial charge in [0.05, 0.1) is 6.07 Å². The molecular weight excluding hydrogens is 243 g/mol. The number of rotatable bonds is 7. The van der Waals surface area contributed by atoms with E-state index in [1.165, 1.54) is 24.3 Å². The number of carbonyl (C=O) groups is 1. The minimum absolute atomic E-state index is 0.00241. The molecule has 0 aliphatic carbocycles. The molecule has 0 saturated heterocycles. The van der Waals surface area contributed by atoms with Crippen LogP contribution in [0.4, 0.5) is 4.39 Å². The van der Waals surface area contributed by atoms with E-state index in [-0.39, 0.29) is 11.6 Å². The summed E-state index contributed by atoms with van der Waals surface area (Å²) in [7, 11) is 0. The smallest absolute Gasteiger partial charge is 0.164 e. The Kier molecular flexibility index (Phi) is 6.17. The van der Waals surface area contributed by atoms with Gasteiger partial charge in [-0.3, -0.25) is 9.69 Å². The molecule has 0 atom stereocenters. The summed E-state index contributed by atoms with van der Waals surface area (Å²) >= 11 is 0. The molecule has 0 saturated carbocycles. The van der Waals surface area contributed by atoms with Crippen LogP contribution < -0.4 is 0 Å². The van der Waals surface area contributed by atoms with E-state index in [9.17, 15) is 9.18 Å². The van der Waals surface area contributed by atoms with Gasteiger partial charge in [0.1, 0.15) is 5.82 Å². The fraction of sp³-hybridized carbons (Fsp3) is 0.467. The van der Waals surface area contributed by atoms with Crippen molar-refractivity contribution in [2.75, 3.05) is 13.1 Å². The van der Waals surface area contributed by atoms with Crippen LogP contribution in [-0.4, -0.2) is 29.8 Å². The average Bonchev–Trinajstić information content (AvgIpc) is 2.39. The van der Waals surface area contributed by atoms with Gasteiger partial charge in [0.2, 0.25) is 0 Å². The van der Waals surface area contributed by atoms with Crippen molar-refractivity contribution in [2.24, 2.45) is 0 Å². The third-order valence-electron chi connectivity index (χ3n) is 3.03. The summed E-state index contributed by atoms with van der Waals surface area (Å²) in [6, 6.07) is 8.01. The summed E-state index contributed by atoms with van der Waals surface area (Å²) in [4.78, 5) is 14.0. The van der Waals surface area contributed by atoms with Crippen LogP contribution in [0.3, 0.4) is 0 Å². The summed E-state index contributed by atoms with van der Waals surface area (Å²) in [6.45, 7) is 5.37. The van der Waals surface area contributed by atoms with E-state index in [0.717, 1.165) is 0 Å². The van der Waals surface area contributed by atoms with Crippen molar-refractivity contribution in [1.29, 1.82) is 5.26 Å². The van der Waals surface area contributed by atoms with Gasteiger partial charge in [0, 0.05) is 37.5 Å². The molecule has 1 aromatic carbocycles. The van der Waals surface area contributed by atoms with Crippen molar-refractivity contribution in [2.45, 2.75) is 32.7 Å². The highest BCUT2D eigenvalue weighted by Gasteiger charge is 2.12. The second-order valence-electron chi connectivity index (χ2n) is 4.72. The Balaban J connectivity index is 2.52. The second-order valence-corrected chi connectivity index (χ2v) is 4.72. The molecule has 0 bridgehead atoms. The van der Waals surface area contributed by atoms with Gasteiger partial charge in [-0.2, -0.15) is 5.26 Å². The first-order valence-electron chi connectivity index (χ1n) is 6.44. The molecule has 0 spiro atoms. The van der Waals surface area contributed by atoms with Crippen LogP contribution in [-0.2, 0) is 0 Å². The van der Waals surface area contributed by atoms with E-state index in [1.807, 2.05) is 13.8 Å². The van der Waals surface area contributed by atoms with Crippen LogP contribution in [0.15, 0.2) is 24.3 Å². The van der Waals surface area contributed by atoms with E-state index >= 15 is 0 Å². The van der Waals surface area contributed by atoms with Crippen LogP contribution in [0.25, 0.3) is 0 Å². The average molecular weight is 262 g/mol. The molecule has 4 heteroatoms.